The zero-order valence-electron chi connectivity index (χ0n) is 22.0. The molecular formula is C31H43N3O2. The van der Waals surface area contributed by atoms with Crippen molar-refractivity contribution < 1.29 is 9.53 Å². The molecule has 36 heavy (non-hydrogen) atoms. The Morgan fingerprint density at radius 3 is 2.83 bits per heavy atom. The third kappa shape index (κ3) is 5.88. The van der Waals surface area contributed by atoms with Gasteiger partial charge in [-0.15, -0.1) is 0 Å². The van der Waals surface area contributed by atoms with E-state index in [4.69, 9.17) is 4.74 Å². The number of amides is 2. The van der Waals surface area contributed by atoms with Crippen LogP contribution in [0.4, 0.5) is 4.79 Å². The van der Waals surface area contributed by atoms with Gasteiger partial charge in [0.25, 0.3) is 0 Å². The molecule has 3 aliphatic rings. The number of rotatable bonds is 9. The zero-order valence-corrected chi connectivity index (χ0v) is 22.0. The molecule has 0 unspecified atom stereocenters. The van der Waals surface area contributed by atoms with Crippen LogP contribution in [-0.4, -0.2) is 54.7 Å². The number of unbranched alkanes of at least 4 members (excludes halogenated alkanes) is 3. The topological polar surface area (TPSA) is 44.8 Å². The number of urea groups is 1. The smallest absolute Gasteiger partial charge is 0.317 e. The summed E-state index contributed by atoms with van der Waals surface area (Å²) in [6, 6.07) is 18.0. The van der Waals surface area contributed by atoms with E-state index in [0.717, 1.165) is 64.1 Å². The molecule has 3 aliphatic heterocycles. The number of ether oxygens (including phenoxy) is 1. The summed E-state index contributed by atoms with van der Waals surface area (Å²) in [4.78, 5) is 18.1. The van der Waals surface area contributed by atoms with Gasteiger partial charge in [0.15, 0.2) is 0 Å². The van der Waals surface area contributed by atoms with Crippen molar-refractivity contribution in [2.75, 3.05) is 32.8 Å². The highest BCUT2D eigenvalue weighted by molar-refractivity contribution is 5.74. The molecule has 2 aromatic carbocycles. The predicted molar refractivity (Wildman–Crippen MR) is 145 cm³/mol. The molecular weight excluding hydrogens is 446 g/mol. The number of benzene rings is 2. The number of nitrogens with one attached hydrogen (secondary N) is 1. The van der Waals surface area contributed by atoms with Gasteiger partial charge in [0.05, 0.1) is 6.61 Å². The number of likely N-dealkylation sites (tertiary alicyclic amines) is 1. The van der Waals surface area contributed by atoms with Crippen molar-refractivity contribution >= 4 is 6.03 Å². The summed E-state index contributed by atoms with van der Waals surface area (Å²) < 4.78 is 6.08. The van der Waals surface area contributed by atoms with Gasteiger partial charge < -0.3 is 15.0 Å². The predicted octanol–water partition coefficient (Wildman–Crippen LogP) is 5.98. The largest absolute Gasteiger partial charge is 0.494 e. The number of piperidine rings is 2. The highest BCUT2D eigenvalue weighted by Gasteiger charge is 2.43. The second-order valence-corrected chi connectivity index (χ2v) is 10.9. The summed E-state index contributed by atoms with van der Waals surface area (Å²) in [6.07, 6.45) is 10.3. The fraction of sp³-hybridized carbons (Fsp3) is 0.581. The van der Waals surface area contributed by atoms with Crippen LogP contribution in [0.3, 0.4) is 0 Å². The van der Waals surface area contributed by atoms with Gasteiger partial charge in [-0.25, -0.2) is 4.79 Å². The lowest BCUT2D eigenvalue weighted by molar-refractivity contribution is 0.00575. The molecule has 5 nitrogen and oxygen atoms in total. The number of carbonyl (C=O) groups excluding carboxylic acids is 1. The maximum absolute atomic E-state index is 13.2. The Kier molecular flexibility index (Phi) is 8.47. The van der Waals surface area contributed by atoms with Gasteiger partial charge in [0.1, 0.15) is 5.75 Å². The molecule has 5 heteroatoms. The third-order valence-corrected chi connectivity index (χ3v) is 8.49. The van der Waals surface area contributed by atoms with Crippen molar-refractivity contribution in [3.63, 3.8) is 0 Å². The van der Waals surface area contributed by atoms with E-state index in [1.54, 1.807) is 0 Å². The van der Waals surface area contributed by atoms with Crippen LogP contribution in [0, 0.1) is 5.92 Å². The number of hydrogen-bond donors (Lipinski definition) is 1. The minimum atomic E-state index is 0.122. The molecule has 0 aliphatic carbocycles. The molecule has 2 amide bonds. The van der Waals surface area contributed by atoms with E-state index in [9.17, 15) is 4.79 Å². The van der Waals surface area contributed by atoms with E-state index in [0.29, 0.717) is 24.5 Å². The van der Waals surface area contributed by atoms with E-state index in [-0.39, 0.29) is 6.03 Å². The van der Waals surface area contributed by atoms with Crippen molar-refractivity contribution in [1.29, 1.82) is 0 Å². The molecule has 5 rings (SSSR count). The highest BCUT2D eigenvalue weighted by atomic mass is 16.5. The monoisotopic (exact) mass is 489 g/mol. The summed E-state index contributed by atoms with van der Waals surface area (Å²) in [5.74, 6) is 1.60. The van der Waals surface area contributed by atoms with Gasteiger partial charge >= 0.3 is 6.03 Å². The molecule has 0 bridgehead atoms. The Morgan fingerprint density at radius 1 is 1.08 bits per heavy atom. The van der Waals surface area contributed by atoms with Crippen molar-refractivity contribution in [2.24, 2.45) is 5.92 Å². The van der Waals surface area contributed by atoms with Gasteiger partial charge in [0.2, 0.25) is 0 Å². The Bertz CT molecular complexity index is 995. The number of fused-ring (bicyclic) bond motifs is 4. The van der Waals surface area contributed by atoms with Crippen molar-refractivity contribution in [3.05, 3.63) is 65.2 Å². The molecule has 0 radical (unpaired) electrons. The van der Waals surface area contributed by atoms with Crippen LogP contribution in [0.5, 0.6) is 5.75 Å². The van der Waals surface area contributed by atoms with E-state index in [2.05, 4.69) is 64.5 Å². The molecule has 2 aromatic rings. The van der Waals surface area contributed by atoms with E-state index >= 15 is 0 Å². The number of hydrogen-bond acceptors (Lipinski definition) is 3. The van der Waals surface area contributed by atoms with Gasteiger partial charge in [-0.05, 0) is 73.3 Å². The second-order valence-electron chi connectivity index (χ2n) is 10.9. The maximum atomic E-state index is 13.2. The Morgan fingerprint density at radius 2 is 1.97 bits per heavy atom. The van der Waals surface area contributed by atoms with Crippen LogP contribution in [-0.2, 0) is 12.8 Å². The Balaban J connectivity index is 1.21. The molecule has 3 atom stereocenters. The first kappa shape index (κ1) is 25.1. The fourth-order valence-electron chi connectivity index (χ4n) is 6.55. The summed E-state index contributed by atoms with van der Waals surface area (Å²) in [5, 5.41) is 3.22. The fourth-order valence-corrected chi connectivity index (χ4v) is 6.55. The van der Waals surface area contributed by atoms with Crippen molar-refractivity contribution in [1.82, 2.24) is 15.1 Å². The van der Waals surface area contributed by atoms with Crippen LogP contribution >= 0.6 is 0 Å². The van der Waals surface area contributed by atoms with E-state index < -0.39 is 0 Å². The lowest BCUT2D eigenvalue weighted by Crippen LogP contribution is -2.59. The third-order valence-electron chi connectivity index (χ3n) is 8.49. The number of carbonyl (C=O) groups is 1. The van der Waals surface area contributed by atoms with Gasteiger partial charge in [-0.1, -0.05) is 62.6 Å². The molecule has 2 fully saturated rings. The molecule has 194 valence electrons. The Hall–Kier alpha value is -2.53. The van der Waals surface area contributed by atoms with Gasteiger partial charge in [0, 0.05) is 38.3 Å². The first-order chi connectivity index (χ1) is 17.7. The zero-order chi connectivity index (χ0) is 24.7. The summed E-state index contributed by atoms with van der Waals surface area (Å²) in [7, 11) is 0. The SMILES string of the molecule is CCCCCCOc1ccc2c(c1)CCN1C[C@H]3CCCN(C(=O)NCCc4ccccc4)[C@H]3C[C@H]21. The minimum Gasteiger partial charge on any atom is -0.494 e. The average Bonchev–Trinajstić information content (AvgIpc) is 2.92. The Labute approximate surface area is 217 Å². The van der Waals surface area contributed by atoms with Crippen LogP contribution in [0.25, 0.3) is 0 Å². The van der Waals surface area contributed by atoms with Crippen molar-refractivity contribution in [3.8, 4) is 5.75 Å². The van der Waals surface area contributed by atoms with E-state index in [1.807, 2.05) is 6.07 Å². The lowest BCUT2D eigenvalue weighted by atomic mass is 9.76. The lowest BCUT2D eigenvalue weighted by Gasteiger charge is -2.52. The van der Waals surface area contributed by atoms with E-state index in [1.165, 1.54) is 42.4 Å². The second kappa shape index (κ2) is 12.1. The molecule has 0 spiro atoms. The first-order valence-electron chi connectivity index (χ1n) is 14.3. The van der Waals surface area contributed by atoms with Crippen LogP contribution < -0.4 is 10.1 Å². The standard InChI is InChI=1S/C31H43N3O2/c1-2-3-4-8-20-36-27-13-14-28-25(21-27)16-19-33-23-26-12-9-18-34(29(26)22-30(28)33)31(35)32-17-15-24-10-6-5-7-11-24/h5-7,10-11,13-14,21,26,29-30H,2-4,8-9,12,15-20,22-23H2,1H3,(H,32,35)/t26-,29+,30-/m1/s1. The molecule has 3 heterocycles. The molecule has 1 N–H and O–H groups in total. The van der Waals surface area contributed by atoms with Crippen molar-refractivity contribution in [2.45, 2.75) is 76.8 Å². The molecule has 0 saturated carbocycles. The minimum absolute atomic E-state index is 0.122. The normalized spacial score (nSPS) is 23.4. The summed E-state index contributed by atoms with van der Waals surface area (Å²) in [5.41, 5.74) is 4.16. The first-order valence-corrected chi connectivity index (χ1v) is 14.3. The summed E-state index contributed by atoms with van der Waals surface area (Å²) in [6.45, 7) is 6.85. The van der Waals surface area contributed by atoms with Crippen LogP contribution in [0.2, 0.25) is 0 Å². The average molecular weight is 490 g/mol. The number of nitrogens with zero attached hydrogens (tertiary/aromatic N) is 2. The molecule has 0 aromatic heterocycles. The van der Waals surface area contributed by atoms with Gasteiger partial charge in [-0.2, -0.15) is 0 Å². The van der Waals surface area contributed by atoms with Crippen LogP contribution in [0.15, 0.2) is 48.5 Å². The quantitative estimate of drug-likeness (QED) is 0.441. The van der Waals surface area contributed by atoms with Crippen LogP contribution in [0.1, 0.15) is 74.6 Å². The molecule has 2 saturated heterocycles. The van der Waals surface area contributed by atoms with Gasteiger partial charge in [-0.3, -0.25) is 4.90 Å². The summed E-state index contributed by atoms with van der Waals surface area (Å²) >= 11 is 0. The maximum Gasteiger partial charge on any atom is 0.317 e. The highest BCUT2D eigenvalue weighted by Crippen LogP contribution is 2.43.